The highest BCUT2D eigenvalue weighted by atomic mass is 35.5. The second-order valence-electron chi connectivity index (χ2n) is 6.78. The highest BCUT2D eigenvalue weighted by Gasteiger charge is 2.30. The number of nitrogens with zero attached hydrogens (tertiary/aromatic N) is 3. The van der Waals surface area contributed by atoms with Crippen LogP contribution in [0.2, 0.25) is 4.34 Å². The van der Waals surface area contributed by atoms with Crippen molar-refractivity contribution in [3.05, 3.63) is 21.3 Å². The predicted octanol–water partition coefficient (Wildman–Crippen LogP) is 2.57. The van der Waals surface area contributed by atoms with Gasteiger partial charge in [-0.1, -0.05) is 25.4 Å². The highest BCUT2D eigenvalue weighted by molar-refractivity contribution is 7.16. The van der Waals surface area contributed by atoms with Gasteiger partial charge < -0.3 is 5.32 Å². The molecule has 2 heterocycles. The smallest absolute Gasteiger partial charge is 0.235 e. The fourth-order valence-electron chi connectivity index (χ4n) is 2.60. The van der Waals surface area contributed by atoms with E-state index in [1.165, 1.54) is 4.88 Å². The van der Waals surface area contributed by atoms with Gasteiger partial charge in [0.15, 0.2) is 0 Å². The molecule has 1 saturated heterocycles. The van der Waals surface area contributed by atoms with Crippen LogP contribution in [0, 0.1) is 17.2 Å². The standard InChI is InChI=1S/C17H25ClN4OS/c1-13(2)17(3,12-19)20-16(23)11-22-8-6-21(7-9-22)10-14-4-5-15(18)24-14/h4-5,13H,6-11H2,1-3H3,(H,20,23)/t17-/m1/s1. The van der Waals surface area contributed by atoms with Crippen molar-refractivity contribution >= 4 is 28.8 Å². The van der Waals surface area contributed by atoms with E-state index < -0.39 is 5.54 Å². The number of piperazine rings is 1. The molecule has 0 aliphatic carbocycles. The van der Waals surface area contributed by atoms with Gasteiger partial charge in [-0.15, -0.1) is 11.3 Å². The Labute approximate surface area is 153 Å². The molecule has 1 aromatic heterocycles. The zero-order valence-electron chi connectivity index (χ0n) is 14.5. The number of carbonyl (C=O) groups excluding carboxylic acids is 1. The molecular weight excluding hydrogens is 344 g/mol. The number of thiophene rings is 1. The molecular formula is C17H25ClN4OS. The lowest BCUT2D eigenvalue weighted by Crippen LogP contribution is -2.54. The molecule has 24 heavy (non-hydrogen) atoms. The molecule has 1 N–H and O–H groups in total. The average molecular weight is 369 g/mol. The number of rotatable bonds is 6. The summed E-state index contributed by atoms with van der Waals surface area (Å²) in [5.41, 5.74) is -0.808. The van der Waals surface area contributed by atoms with Crippen LogP contribution in [-0.2, 0) is 11.3 Å². The number of hydrogen-bond acceptors (Lipinski definition) is 5. The maximum atomic E-state index is 12.2. The maximum absolute atomic E-state index is 12.2. The Bertz CT molecular complexity index is 604. The zero-order valence-corrected chi connectivity index (χ0v) is 16.1. The second-order valence-corrected chi connectivity index (χ2v) is 8.57. The van der Waals surface area contributed by atoms with Crippen molar-refractivity contribution in [1.82, 2.24) is 15.1 Å². The Hall–Kier alpha value is -1.13. The molecule has 1 aromatic rings. The summed E-state index contributed by atoms with van der Waals surface area (Å²) in [5.74, 6) is -0.00726. The van der Waals surface area contributed by atoms with Crippen LogP contribution in [0.5, 0.6) is 0 Å². The van der Waals surface area contributed by atoms with Crippen molar-refractivity contribution in [2.45, 2.75) is 32.9 Å². The first kappa shape index (κ1) is 19.2. The van der Waals surface area contributed by atoms with Crippen LogP contribution in [0.1, 0.15) is 25.6 Å². The van der Waals surface area contributed by atoms with Gasteiger partial charge in [0.2, 0.25) is 5.91 Å². The number of carbonyl (C=O) groups is 1. The minimum atomic E-state index is -0.808. The van der Waals surface area contributed by atoms with E-state index in [1.807, 2.05) is 19.9 Å². The molecule has 1 amide bonds. The molecule has 1 atom stereocenters. The summed E-state index contributed by atoms with van der Waals surface area (Å²) in [5, 5.41) is 12.2. The molecule has 0 saturated carbocycles. The fraction of sp³-hybridized carbons (Fsp3) is 0.647. The minimum absolute atomic E-state index is 0.0703. The topological polar surface area (TPSA) is 59.4 Å². The summed E-state index contributed by atoms with van der Waals surface area (Å²) in [7, 11) is 0. The van der Waals surface area contributed by atoms with Gasteiger partial charge in [0.1, 0.15) is 5.54 Å². The molecule has 132 valence electrons. The van der Waals surface area contributed by atoms with Gasteiger partial charge in [0.05, 0.1) is 17.0 Å². The summed E-state index contributed by atoms with van der Waals surface area (Å²) in [6.07, 6.45) is 0. The number of amides is 1. The van der Waals surface area contributed by atoms with Gasteiger partial charge in [0, 0.05) is 37.6 Å². The second kappa shape index (κ2) is 8.30. The van der Waals surface area contributed by atoms with E-state index in [1.54, 1.807) is 18.3 Å². The van der Waals surface area contributed by atoms with E-state index in [2.05, 4.69) is 27.3 Å². The van der Waals surface area contributed by atoms with Crippen molar-refractivity contribution < 1.29 is 4.79 Å². The fourth-order valence-corrected chi connectivity index (χ4v) is 3.73. The third-order valence-corrected chi connectivity index (χ3v) is 5.84. The quantitative estimate of drug-likeness (QED) is 0.838. The Kier molecular flexibility index (Phi) is 6.64. The van der Waals surface area contributed by atoms with Crippen molar-refractivity contribution in [1.29, 1.82) is 5.26 Å². The van der Waals surface area contributed by atoms with Gasteiger partial charge >= 0.3 is 0 Å². The Morgan fingerprint density at radius 2 is 2.00 bits per heavy atom. The van der Waals surface area contributed by atoms with Crippen LogP contribution in [-0.4, -0.2) is 54.0 Å². The van der Waals surface area contributed by atoms with Crippen LogP contribution in [0.3, 0.4) is 0 Å². The average Bonchev–Trinajstić information content (AvgIpc) is 2.94. The molecule has 0 aromatic carbocycles. The van der Waals surface area contributed by atoms with Crippen molar-refractivity contribution in [3.63, 3.8) is 0 Å². The van der Waals surface area contributed by atoms with Crippen LogP contribution < -0.4 is 5.32 Å². The van der Waals surface area contributed by atoms with Crippen molar-refractivity contribution in [3.8, 4) is 6.07 Å². The zero-order chi connectivity index (χ0) is 17.7. The van der Waals surface area contributed by atoms with E-state index in [-0.39, 0.29) is 11.8 Å². The van der Waals surface area contributed by atoms with Crippen LogP contribution >= 0.6 is 22.9 Å². The molecule has 7 heteroatoms. The lowest BCUT2D eigenvalue weighted by atomic mass is 9.90. The third kappa shape index (κ3) is 5.18. The minimum Gasteiger partial charge on any atom is -0.337 e. The van der Waals surface area contributed by atoms with Crippen LogP contribution in [0.15, 0.2) is 12.1 Å². The molecule has 1 aliphatic heterocycles. The monoisotopic (exact) mass is 368 g/mol. The Balaban J connectivity index is 1.76. The van der Waals surface area contributed by atoms with E-state index >= 15 is 0 Å². The molecule has 1 aliphatic rings. The molecule has 0 radical (unpaired) electrons. The molecule has 1 fully saturated rings. The largest absolute Gasteiger partial charge is 0.337 e. The summed E-state index contributed by atoms with van der Waals surface area (Å²) in [6, 6.07) is 6.22. The summed E-state index contributed by atoms with van der Waals surface area (Å²) in [4.78, 5) is 18.0. The predicted molar refractivity (Wildman–Crippen MR) is 98.0 cm³/mol. The number of nitriles is 1. The van der Waals surface area contributed by atoms with E-state index in [9.17, 15) is 10.1 Å². The molecule has 5 nitrogen and oxygen atoms in total. The van der Waals surface area contributed by atoms with E-state index in [4.69, 9.17) is 11.6 Å². The summed E-state index contributed by atoms with van der Waals surface area (Å²) < 4.78 is 0.825. The lowest BCUT2D eigenvalue weighted by molar-refractivity contribution is -0.124. The maximum Gasteiger partial charge on any atom is 0.235 e. The Morgan fingerprint density at radius 1 is 1.38 bits per heavy atom. The lowest BCUT2D eigenvalue weighted by Gasteiger charge is -2.35. The Morgan fingerprint density at radius 3 is 2.50 bits per heavy atom. The molecule has 0 spiro atoms. The number of nitrogens with one attached hydrogen (secondary N) is 1. The van der Waals surface area contributed by atoms with Crippen LogP contribution in [0.25, 0.3) is 0 Å². The third-order valence-electron chi connectivity index (χ3n) is 4.63. The van der Waals surface area contributed by atoms with E-state index in [0.29, 0.717) is 6.54 Å². The van der Waals surface area contributed by atoms with Gasteiger partial charge in [-0.3, -0.25) is 14.6 Å². The first-order chi connectivity index (χ1) is 11.3. The van der Waals surface area contributed by atoms with E-state index in [0.717, 1.165) is 37.1 Å². The van der Waals surface area contributed by atoms with Gasteiger partial charge in [-0.05, 0) is 25.0 Å². The number of halogens is 1. The highest BCUT2D eigenvalue weighted by Crippen LogP contribution is 2.23. The SMILES string of the molecule is CC(C)[C@@](C)(C#N)NC(=O)CN1CCN(Cc2ccc(Cl)s2)CC1. The van der Waals surface area contributed by atoms with Crippen LogP contribution in [0.4, 0.5) is 0 Å². The van der Waals surface area contributed by atoms with Crippen molar-refractivity contribution in [2.24, 2.45) is 5.92 Å². The van der Waals surface area contributed by atoms with Gasteiger partial charge in [-0.2, -0.15) is 5.26 Å². The van der Waals surface area contributed by atoms with Gasteiger partial charge in [-0.25, -0.2) is 0 Å². The van der Waals surface area contributed by atoms with Gasteiger partial charge in [0.25, 0.3) is 0 Å². The van der Waals surface area contributed by atoms with Crippen molar-refractivity contribution in [2.75, 3.05) is 32.7 Å². The molecule has 0 unspecified atom stereocenters. The summed E-state index contributed by atoms with van der Waals surface area (Å²) >= 11 is 7.59. The molecule has 2 rings (SSSR count). The first-order valence-electron chi connectivity index (χ1n) is 8.23. The normalized spacial score (nSPS) is 19.0. The first-order valence-corrected chi connectivity index (χ1v) is 9.43. The number of hydrogen-bond donors (Lipinski definition) is 1. The molecule has 0 bridgehead atoms. The summed E-state index contributed by atoms with van der Waals surface area (Å²) in [6.45, 7) is 10.5.